The number of ketones is 1. The van der Waals surface area contributed by atoms with Crippen molar-refractivity contribution in [3.8, 4) is 0 Å². The van der Waals surface area contributed by atoms with Gasteiger partial charge in [0.05, 0.1) is 9.54 Å². The van der Waals surface area contributed by atoms with E-state index in [1.54, 1.807) is 23.1 Å². The molecule has 1 heterocycles. The SMILES string of the molecule is O=C(CSc1ccccc1Br)Cc1ccc(Br)s1. The molecule has 0 saturated carbocycles. The Labute approximate surface area is 131 Å². The summed E-state index contributed by atoms with van der Waals surface area (Å²) in [5, 5.41) is 0. The van der Waals surface area contributed by atoms with Crippen molar-refractivity contribution in [1.82, 2.24) is 0 Å². The number of benzene rings is 1. The number of carbonyl (C=O) groups excluding carboxylic acids is 1. The van der Waals surface area contributed by atoms with Crippen molar-refractivity contribution in [1.29, 1.82) is 0 Å². The van der Waals surface area contributed by atoms with Crippen LogP contribution in [0.1, 0.15) is 4.88 Å². The lowest BCUT2D eigenvalue weighted by Crippen LogP contribution is -2.04. The van der Waals surface area contributed by atoms with E-state index >= 15 is 0 Å². The Bertz CT molecular complexity index is 551. The number of rotatable bonds is 5. The molecular formula is C13H10Br2OS2. The summed E-state index contributed by atoms with van der Waals surface area (Å²) in [5.41, 5.74) is 0. The van der Waals surface area contributed by atoms with Crippen molar-refractivity contribution >= 4 is 60.7 Å². The monoisotopic (exact) mass is 404 g/mol. The minimum atomic E-state index is 0.255. The summed E-state index contributed by atoms with van der Waals surface area (Å²) < 4.78 is 2.12. The zero-order valence-corrected chi connectivity index (χ0v) is 14.2. The van der Waals surface area contributed by atoms with Crippen LogP contribution in [0.15, 0.2) is 49.6 Å². The van der Waals surface area contributed by atoms with Gasteiger partial charge < -0.3 is 0 Å². The second-order valence-corrected chi connectivity index (χ2v) is 8.06. The van der Waals surface area contributed by atoms with Crippen LogP contribution in [0.25, 0.3) is 0 Å². The normalized spacial score (nSPS) is 10.6. The predicted molar refractivity (Wildman–Crippen MR) is 85.6 cm³/mol. The van der Waals surface area contributed by atoms with Crippen molar-refractivity contribution < 1.29 is 4.79 Å². The van der Waals surface area contributed by atoms with Gasteiger partial charge in [-0.2, -0.15) is 0 Å². The second kappa shape index (κ2) is 6.89. The fraction of sp³-hybridized carbons (Fsp3) is 0.154. The predicted octanol–water partition coefficient (Wildman–Crippen LogP) is 5.18. The fourth-order valence-electron chi connectivity index (χ4n) is 1.41. The summed E-state index contributed by atoms with van der Waals surface area (Å²) in [7, 11) is 0. The van der Waals surface area contributed by atoms with Gasteiger partial charge >= 0.3 is 0 Å². The van der Waals surface area contributed by atoms with Gasteiger partial charge in [0, 0.05) is 20.7 Å². The standard InChI is InChI=1S/C13H10Br2OS2/c14-11-3-1-2-4-12(11)17-8-9(16)7-10-5-6-13(15)18-10/h1-6H,7-8H2. The average Bonchev–Trinajstić information content (AvgIpc) is 2.74. The highest BCUT2D eigenvalue weighted by molar-refractivity contribution is 9.11. The topological polar surface area (TPSA) is 17.1 Å². The highest BCUT2D eigenvalue weighted by Gasteiger charge is 2.08. The quantitative estimate of drug-likeness (QED) is 0.637. The van der Waals surface area contributed by atoms with Gasteiger partial charge in [0.1, 0.15) is 5.78 Å². The molecule has 0 fully saturated rings. The highest BCUT2D eigenvalue weighted by Crippen LogP contribution is 2.28. The van der Waals surface area contributed by atoms with E-state index in [1.807, 2.05) is 36.4 Å². The van der Waals surface area contributed by atoms with Crippen LogP contribution in [0.2, 0.25) is 0 Å². The minimum absolute atomic E-state index is 0.255. The molecule has 94 valence electrons. The molecule has 0 saturated heterocycles. The third-order valence-corrected chi connectivity index (χ3v) is 5.94. The summed E-state index contributed by atoms with van der Waals surface area (Å²) in [6.45, 7) is 0. The third-order valence-electron chi connectivity index (χ3n) is 2.23. The lowest BCUT2D eigenvalue weighted by molar-refractivity contribution is -0.115. The van der Waals surface area contributed by atoms with E-state index in [9.17, 15) is 4.79 Å². The number of thioether (sulfide) groups is 1. The van der Waals surface area contributed by atoms with E-state index in [2.05, 4.69) is 31.9 Å². The average molecular weight is 406 g/mol. The summed E-state index contributed by atoms with van der Waals surface area (Å²) in [6.07, 6.45) is 0.522. The van der Waals surface area contributed by atoms with Crippen LogP contribution in [0, 0.1) is 0 Å². The van der Waals surface area contributed by atoms with Crippen molar-refractivity contribution in [2.24, 2.45) is 0 Å². The number of halogens is 2. The first-order valence-corrected chi connectivity index (χ1v) is 8.67. The lowest BCUT2D eigenvalue weighted by atomic mass is 10.3. The van der Waals surface area contributed by atoms with Gasteiger partial charge in [0.25, 0.3) is 0 Å². The van der Waals surface area contributed by atoms with Crippen LogP contribution in [0.3, 0.4) is 0 Å². The van der Waals surface area contributed by atoms with E-state index in [0.717, 1.165) is 18.0 Å². The van der Waals surface area contributed by atoms with Gasteiger partial charge in [0.15, 0.2) is 0 Å². The zero-order chi connectivity index (χ0) is 13.0. The molecule has 0 aliphatic carbocycles. The Morgan fingerprint density at radius 3 is 2.61 bits per heavy atom. The molecule has 0 unspecified atom stereocenters. The fourth-order valence-corrected chi connectivity index (χ4v) is 4.35. The first kappa shape index (κ1) is 14.3. The number of hydrogen-bond acceptors (Lipinski definition) is 3. The number of hydrogen-bond donors (Lipinski definition) is 0. The third kappa shape index (κ3) is 4.23. The van der Waals surface area contributed by atoms with E-state index in [4.69, 9.17) is 0 Å². The van der Waals surface area contributed by atoms with E-state index in [1.165, 1.54) is 0 Å². The van der Waals surface area contributed by atoms with Gasteiger partial charge in [0.2, 0.25) is 0 Å². The highest BCUT2D eigenvalue weighted by atomic mass is 79.9. The Hall–Kier alpha value is -0.100. The van der Waals surface area contributed by atoms with Gasteiger partial charge in [-0.3, -0.25) is 4.79 Å². The van der Waals surface area contributed by atoms with E-state index in [-0.39, 0.29) is 5.78 Å². The first-order valence-electron chi connectivity index (χ1n) is 5.28. The molecule has 1 nitrogen and oxygen atoms in total. The first-order chi connectivity index (χ1) is 8.65. The van der Waals surface area contributed by atoms with Crippen LogP contribution in [-0.2, 0) is 11.2 Å². The van der Waals surface area contributed by atoms with Crippen LogP contribution in [-0.4, -0.2) is 11.5 Å². The minimum Gasteiger partial charge on any atom is -0.298 e. The summed E-state index contributed by atoms with van der Waals surface area (Å²) in [4.78, 5) is 14.1. The number of Topliss-reactive ketones (excluding diaryl/α,β-unsaturated/α-hetero) is 1. The second-order valence-electron chi connectivity index (χ2n) is 3.64. The van der Waals surface area contributed by atoms with Gasteiger partial charge in [-0.1, -0.05) is 12.1 Å². The van der Waals surface area contributed by atoms with Crippen LogP contribution >= 0.6 is 55.0 Å². The van der Waals surface area contributed by atoms with E-state index in [0.29, 0.717) is 12.2 Å². The van der Waals surface area contributed by atoms with Crippen molar-refractivity contribution in [3.63, 3.8) is 0 Å². The molecular weight excluding hydrogens is 396 g/mol. The molecule has 1 aromatic carbocycles. The largest absolute Gasteiger partial charge is 0.298 e. The van der Waals surface area contributed by atoms with Crippen LogP contribution < -0.4 is 0 Å². The molecule has 2 rings (SSSR count). The molecule has 0 aliphatic heterocycles. The van der Waals surface area contributed by atoms with Gasteiger partial charge in [-0.15, -0.1) is 23.1 Å². The van der Waals surface area contributed by atoms with E-state index < -0.39 is 0 Å². The smallest absolute Gasteiger partial charge is 0.148 e. The Balaban J connectivity index is 1.87. The molecule has 2 aromatic rings. The Kier molecular flexibility index (Phi) is 5.48. The van der Waals surface area contributed by atoms with Crippen molar-refractivity contribution in [2.45, 2.75) is 11.3 Å². The molecule has 0 N–H and O–H groups in total. The molecule has 0 amide bonds. The molecule has 0 atom stereocenters. The molecule has 0 aliphatic rings. The molecule has 0 spiro atoms. The number of carbonyl (C=O) groups is 1. The molecule has 1 aromatic heterocycles. The molecule has 0 radical (unpaired) electrons. The molecule has 5 heteroatoms. The summed E-state index contributed by atoms with van der Waals surface area (Å²) in [6, 6.07) is 11.9. The van der Waals surface area contributed by atoms with Crippen LogP contribution in [0.4, 0.5) is 0 Å². The molecule has 18 heavy (non-hydrogen) atoms. The lowest BCUT2D eigenvalue weighted by Gasteiger charge is -2.02. The summed E-state index contributed by atoms with van der Waals surface area (Å²) in [5.74, 6) is 0.767. The number of thiophene rings is 1. The molecule has 0 bridgehead atoms. The maximum absolute atomic E-state index is 11.9. The van der Waals surface area contributed by atoms with Crippen molar-refractivity contribution in [2.75, 3.05) is 5.75 Å². The summed E-state index contributed by atoms with van der Waals surface area (Å²) >= 11 is 10.1. The maximum Gasteiger partial charge on any atom is 0.148 e. The van der Waals surface area contributed by atoms with Gasteiger partial charge in [-0.25, -0.2) is 0 Å². The van der Waals surface area contributed by atoms with Gasteiger partial charge in [-0.05, 0) is 56.1 Å². The Morgan fingerprint density at radius 1 is 1.17 bits per heavy atom. The Morgan fingerprint density at radius 2 is 1.94 bits per heavy atom. The van der Waals surface area contributed by atoms with Crippen LogP contribution in [0.5, 0.6) is 0 Å². The maximum atomic E-state index is 11.9. The van der Waals surface area contributed by atoms with Crippen molar-refractivity contribution in [3.05, 3.63) is 49.5 Å². The zero-order valence-electron chi connectivity index (χ0n) is 9.36.